The van der Waals surface area contributed by atoms with Crippen LogP contribution in [0.25, 0.3) is 0 Å². The van der Waals surface area contributed by atoms with Crippen LogP contribution in [0.3, 0.4) is 0 Å². The van der Waals surface area contributed by atoms with E-state index in [-0.39, 0.29) is 11.2 Å². The van der Waals surface area contributed by atoms with Gasteiger partial charge in [-0.05, 0) is 107 Å². The second kappa shape index (κ2) is 10.9. The number of carbonyl (C=O) groups is 1. The number of nitrogens with zero attached hydrogens (tertiary/aromatic N) is 2. The average Bonchev–Trinajstić information content (AvgIpc) is 2.89. The second-order valence-electron chi connectivity index (χ2n) is 11.3. The van der Waals surface area contributed by atoms with Crippen LogP contribution >= 0.6 is 34.2 Å². The molecule has 0 bridgehead atoms. The van der Waals surface area contributed by atoms with Gasteiger partial charge in [-0.25, -0.2) is 0 Å². The number of halogens is 2. The number of Topliss-reactive ketones (excluding diaryl/α,β-unsaturated/α-hetero) is 1. The molecule has 2 aliphatic rings. The van der Waals surface area contributed by atoms with E-state index >= 15 is 0 Å². The topological polar surface area (TPSA) is 79.4 Å². The molecule has 7 heteroatoms. The number of nitriles is 1. The van der Waals surface area contributed by atoms with Crippen molar-refractivity contribution in [3.63, 3.8) is 0 Å². The Hall–Kier alpha value is -3.28. The summed E-state index contributed by atoms with van der Waals surface area (Å²) in [7, 11) is 0. The normalized spacial score (nSPS) is 18.5. The molecule has 0 fully saturated rings. The Morgan fingerprint density at radius 3 is 2.48 bits per heavy atom. The number of carbonyl (C=O) groups excluding carboxylic acids is 1. The monoisotopic (exact) mass is 663 g/mol. The fourth-order valence-corrected chi connectivity index (χ4v) is 6.35. The van der Waals surface area contributed by atoms with Crippen LogP contribution in [-0.4, -0.2) is 5.78 Å². The Morgan fingerprint density at radius 2 is 1.80 bits per heavy atom. The van der Waals surface area contributed by atoms with Crippen molar-refractivity contribution in [2.24, 2.45) is 11.1 Å². The first-order chi connectivity index (χ1) is 19.0. The maximum absolute atomic E-state index is 13.9. The summed E-state index contributed by atoms with van der Waals surface area (Å²) in [5, 5.41) is 11.0. The molecule has 0 saturated heterocycles. The molecule has 3 aromatic rings. The number of nitrogens with two attached hydrogens (primary N) is 1. The van der Waals surface area contributed by atoms with E-state index in [9.17, 15) is 10.1 Å². The number of para-hydroxylation sites is 1. The molecule has 1 aliphatic carbocycles. The van der Waals surface area contributed by atoms with E-state index < -0.39 is 5.92 Å². The predicted octanol–water partition coefficient (Wildman–Crippen LogP) is 8.08. The van der Waals surface area contributed by atoms with E-state index in [2.05, 4.69) is 54.6 Å². The number of rotatable bonds is 5. The minimum Gasteiger partial charge on any atom is -0.487 e. The Morgan fingerprint density at radius 1 is 1.10 bits per heavy atom. The lowest BCUT2D eigenvalue weighted by atomic mass is 9.68. The number of allylic oxidation sites excluding steroid dienone is 3. The number of ether oxygens (including phenoxy) is 1. The zero-order valence-electron chi connectivity index (χ0n) is 23.0. The third kappa shape index (κ3) is 5.25. The zero-order chi connectivity index (χ0) is 28.8. The van der Waals surface area contributed by atoms with Crippen molar-refractivity contribution in [2.75, 3.05) is 4.90 Å². The molecule has 0 aromatic heterocycles. The van der Waals surface area contributed by atoms with E-state index in [0.717, 1.165) is 37.2 Å². The second-order valence-corrected chi connectivity index (χ2v) is 13.0. The molecule has 204 valence electrons. The third-order valence-corrected chi connectivity index (χ3v) is 8.75. The quantitative estimate of drug-likeness (QED) is 0.279. The van der Waals surface area contributed by atoms with Gasteiger partial charge in [-0.3, -0.25) is 9.69 Å². The van der Waals surface area contributed by atoms with E-state index in [1.807, 2.05) is 61.2 Å². The van der Waals surface area contributed by atoms with Crippen molar-refractivity contribution in [1.82, 2.24) is 0 Å². The molecule has 3 aromatic carbocycles. The highest BCUT2D eigenvalue weighted by Crippen LogP contribution is 2.51. The number of benzene rings is 3. The lowest BCUT2D eigenvalue weighted by molar-refractivity contribution is -0.118. The van der Waals surface area contributed by atoms with Crippen LogP contribution in [-0.2, 0) is 11.4 Å². The largest absolute Gasteiger partial charge is 0.487 e. The van der Waals surface area contributed by atoms with Crippen molar-refractivity contribution in [2.45, 2.75) is 53.1 Å². The highest BCUT2D eigenvalue weighted by molar-refractivity contribution is 14.1. The summed E-state index contributed by atoms with van der Waals surface area (Å²) in [6.07, 6.45) is 1.08. The Balaban J connectivity index is 1.66. The van der Waals surface area contributed by atoms with Crippen LogP contribution in [0.4, 0.5) is 5.69 Å². The lowest BCUT2D eigenvalue weighted by Gasteiger charge is -2.44. The van der Waals surface area contributed by atoms with E-state index in [4.69, 9.17) is 22.1 Å². The maximum atomic E-state index is 13.9. The molecule has 1 atom stereocenters. The van der Waals surface area contributed by atoms with Crippen molar-refractivity contribution in [3.05, 3.63) is 114 Å². The first-order valence-electron chi connectivity index (χ1n) is 13.2. The number of ketones is 1. The molecule has 1 unspecified atom stereocenters. The molecular formula is C33H31ClIN3O2. The summed E-state index contributed by atoms with van der Waals surface area (Å²) in [5.74, 6) is 0.476. The highest BCUT2D eigenvalue weighted by atomic mass is 127. The minimum absolute atomic E-state index is 0.0563. The number of hydrogen-bond acceptors (Lipinski definition) is 5. The molecule has 40 heavy (non-hydrogen) atoms. The number of aryl methyl sites for hydroxylation is 2. The van der Waals surface area contributed by atoms with Crippen LogP contribution in [0, 0.1) is 34.2 Å². The van der Waals surface area contributed by atoms with Gasteiger partial charge in [0.1, 0.15) is 18.2 Å². The van der Waals surface area contributed by atoms with Crippen LogP contribution in [0.15, 0.2) is 83.3 Å². The molecule has 1 heterocycles. The predicted molar refractivity (Wildman–Crippen MR) is 168 cm³/mol. The summed E-state index contributed by atoms with van der Waals surface area (Å²) in [6.45, 7) is 8.58. The van der Waals surface area contributed by atoms with Crippen molar-refractivity contribution >= 4 is 45.7 Å². The van der Waals surface area contributed by atoms with Gasteiger partial charge in [-0.15, -0.1) is 0 Å². The van der Waals surface area contributed by atoms with Crippen molar-refractivity contribution < 1.29 is 9.53 Å². The fourth-order valence-electron chi connectivity index (χ4n) is 5.80. The Kier molecular flexibility index (Phi) is 7.73. The van der Waals surface area contributed by atoms with Gasteiger partial charge in [0.05, 0.1) is 22.6 Å². The summed E-state index contributed by atoms with van der Waals surface area (Å²) >= 11 is 8.59. The standard InChI is InChI=1S/C33H31ClIN3O2/c1-19-13-20(2)24(14-21(19)18-40-29-8-6-5-7-26(29)34)30-25(17-36)32(37)38(23-11-9-22(35)10-12-23)27-15-33(3,4)16-28(39)31(27)30/h5-14,30H,15-16,18,37H2,1-4H3. The first-order valence-corrected chi connectivity index (χ1v) is 14.7. The number of anilines is 1. The smallest absolute Gasteiger partial charge is 0.162 e. The van der Waals surface area contributed by atoms with Crippen molar-refractivity contribution in [1.29, 1.82) is 5.26 Å². The van der Waals surface area contributed by atoms with Gasteiger partial charge in [0.15, 0.2) is 5.78 Å². The molecule has 0 radical (unpaired) electrons. The summed E-state index contributed by atoms with van der Waals surface area (Å²) in [4.78, 5) is 15.9. The van der Waals surface area contributed by atoms with Crippen LogP contribution in [0.1, 0.15) is 54.9 Å². The molecule has 0 saturated carbocycles. The Bertz CT molecular complexity index is 1620. The summed E-state index contributed by atoms with van der Waals surface area (Å²) < 4.78 is 7.17. The average molecular weight is 664 g/mol. The third-order valence-electron chi connectivity index (χ3n) is 7.72. The molecular weight excluding hydrogens is 633 g/mol. The van der Waals surface area contributed by atoms with Crippen LogP contribution in [0.2, 0.25) is 5.02 Å². The molecule has 5 rings (SSSR count). The zero-order valence-corrected chi connectivity index (χ0v) is 25.9. The SMILES string of the molecule is Cc1cc(C)c(C2C(C#N)=C(N)N(c3ccc(I)cc3)C3=C2C(=O)CC(C)(C)C3)cc1COc1ccccc1Cl. The first kappa shape index (κ1) is 28.3. The molecule has 0 spiro atoms. The van der Waals surface area contributed by atoms with E-state index in [1.54, 1.807) is 6.07 Å². The van der Waals surface area contributed by atoms with Gasteiger partial charge in [-0.2, -0.15) is 5.26 Å². The lowest BCUT2D eigenvalue weighted by Crippen LogP contribution is -2.42. The van der Waals surface area contributed by atoms with Gasteiger partial charge < -0.3 is 10.5 Å². The summed E-state index contributed by atoms with van der Waals surface area (Å²) in [6, 6.07) is 21.9. The van der Waals surface area contributed by atoms with Crippen LogP contribution < -0.4 is 15.4 Å². The molecule has 0 amide bonds. The molecule has 1 aliphatic heterocycles. The maximum Gasteiger partial charge on any atom is 0.162 e. The fraction of sp³-hybridized carbons (Fsp3) is 0.273. The van der Waals surface area contributed by atoms with Gasteiger partial charge >= 0.3 is 0 Å². The minimum atomic E-state index is -0.552. The summed E-state index contributed by atoms with van der Waals surface area (Å²) in [5.41, 5.74) is 13.3. The molecule has 2 N–H and O–H groups in total. The van der Waals surface area contributed by atoms with E-state index in [1.165, 1.54) is 0 Å². The highest BCUT2D eigenvalue weighted by Gasteiger charge is 2.45. The number of hydrogen-bond donors (Lipinski definition) is 1. The van der Waals surface area contributed by atoms with E-state index in [0.29, 0.717) is 47.2 Å². The Labute approximate surface area is 254 Å². The van der Waals surface area contributed by atoms with Gasteiger partial charge in [-0.1, -0.05) is 49.7 Å². The molecule has 5 nitrogen and oxygen atoms in total. The van der Waals surface area contributed by atoms with Gasteiger partial charge in [0, 0.05) is 26.9 Å². The van der Waals surface area contributed by atoms with Crippen LogP contribution in [0.5, 0.6) is 5.75 Å². The van der Waals surface area contributed by atoms with Crippen molar-refractivity contribution in [3.8, 4) is 11.8 Å². The van der Waals surface area contributed by atoms with Gasteiger partial charge in [0.25, 0.3) is 0 Å². The van der Waals surface area contributed by atoms with Gasteiger partial charge in [0.2, 0.25) is 0 Å².